The van der Waals surface area contributed by atoms with Gasteiger partial charge in [-0.25, -0.2) is 4.79 Å². The molecule has 1 aromatic rings. The van der Waals surface area contributed by atoms with Crippen LogP contribution in [0.1, 0.15) is 10.4 Å². The topological polar surface area (TPSA) is 191 Å². The molecule has 0 spiro atoms. The summed E-state index contributed by atoms with van der Waals surface area (Å²) < 4.78 is 1.61. The monoisotopic (exact) mass is 901 g/mol. The maximum Gasteiger partial charge on any atom is 0.337 e. The number of rotatable bonds is 10. The van der Waals surface area contributed by atoms with Crippen molar-refractivity contribution in [2.24, 2.45) is 0 Å². The average molecular weight is 901 g/mol. The molecule has 222 valence electrons. The summed E-state index contributed by atoms with van der Waals surface area (Å²) in [6.45, 7) is 1.37. The zero-order chi connectivity index (χ0) is 30.0. The van der Waals surface area contributed by atoms with E-state index in [1.807, 2.05) is 67.8 Å². The molecule has 0 bridgehead atoms. The van der Waals surface area contributed by atoms with Crippen molar-refractivity contribution in [2.75, 3.05) is 83.9 Å². The fraction of sp³-hybridized carbons (Fsp3) is 0.522. The third-order valence-electron chi connectivity index (χ3n) is 6.02. The number of anilines is 1. The summed E-state index contributed by atoms with van der Waals surface area (Å²) in [7, 11) is 0. The molecular formula is C23H30I3N5O9. The van der Waals surface area contributed by atoms with Crippen molar-refractivity contribution in [3.05, 3.63) is 22.3 Å². The molecule has 17 heteroatoms. The number of halogens is 3. The lowest BCUT2D eigenvalue weighted by Crippen LogP contribution is -2.49. The van der Waals surface area contributed by atoms with Gasteiger partial charge in [-0.3, -0.25) is 38.8 Å². The molecule has 0 radical (unpaired) electrons. The number of carbonyl (C=O) groups excluding carboxylic acids is 1. The normalized spacial score (nSPS) is 17.0. The fourth-order valence-electron chi connectivity index (χ4n) is 4.07. The molecular weight excluding hydrogens is 871 g/mol. The van der Waals surface area contributed by atoms with Gasteiger partial charge in [-0.05, 0) is 73.8 Å². The number of aromatic carboxylic acids is 1. The predicted octanol–water partition coefficient (Wildman–Crippen LogP) is 0.613. The highest BCUT2D eigenvalue weighted by atomic mass is 127. The van der Waals surface area contributed by atoms with Gasteiger partial charge in [0.25, 0.3) is 0 Å². The summed E-state index contributed by atoms with van der Waals surface area (Å²) >= 11 is 5.85. The zero-order valence-corrected chi connectivity index (χ0v) is 27.8. The second kappa shape index (κ2) is 16.9. The van der Waals surface area contributed by atoms with E-state index in [-0.39, 0.29) is 71.0 Å². The highest BCUT2D eigenvalue weighted by Gasteiger charge is 2.23. The van der Waals surface area contributed by atoms with Gasteiger partial charge in [0.15, 0.2) is 0 Å². The Balaban J connectivity index is 2.24. The number of carbonyl (C=O) groups is 5. The number of amides is 1. The smallest absolute Gasteiger partial charge is 0.337 e. The Morgan fingerprint density at radius 1 is 0.625 bits per heavy atom. The molecule has 1 fully saturated rings. The van der Waals surface area contributed by atoms with E-state index in [4.69, 9.17) is 0 Å². The summed E-state index contributed by atoms with van der Waals surface area (Å²) in [5, 5.41) is 40.4. The molecule has 14 nitrogen and oxygen atoms in total. The first kappa shape index (κ1) is 34.8. The second-order valence-electron chi connectivity index (χ2n) is 9.04. The molecule has 0 atom stereocenters. The largest absolute Gasteiger partial charge is 0.480 e. The SMILES string of the molecule is O=C(O)CN1CCN(CC(=O)O)CCN(CC(=O)Nc2c(I)cc(I)c(C(=O)O)c2I)CCN(CC(=O)O)CC1. The van der Waals surface area contributed by atoms with Gasteiger partial charge in [0.2, 0.25) is 5.91 Å². The first-order valence-electron chi connectivity index (χ1n) is 12.0. The summed E-state index contributed by atoms with van der Waals surface area (Å²) in [5.74, 6) is -4.62. The lowest BCUT2D eigenvalue weighted by molar-refractivity contribution is -0.140. The van der Waals surface area contributed by atoms with Crippen LogP contribution in [0.4, 0.5) is 5.69 Å². The van der Waals surface area contributed by atoms with E-state index >= 15 is 0 Å². The second-order valence-corrected chi connectivity index (χ2v) is 12.4. The number of nitrogens with one attached hydrogen (secondary N) is 1. The van der Waals surface area contributed by atoms with Crippen molar-refractivity contribution in [1.29, 1.82) is 0 Å². The fourth-order valence-corrected chi connectivity index (χ4v) is 8.17. The van der Waals surface area contributed by atoms with Crippen LogP contribution in [0.5, 0.6) is 0 Å². The molecule has 2 rings (SSSR count). The van der Waals surface area contributed by atoms with E-state index in [0.717, 1.165) is 0 Å². The minimum atomic E-state index is -1.11. The Hall–Kier alpha value is -1.40. The first-order valence-corrected chi connectivity index (χ1v) is 15.3. The van der Waals surface area contributed by atoms with Gasteiger partial charge >= 0.3 is 23.9 Å². The van der Waals surface area contributed by atoms with E-state index in [9.17, 15) is 44.4 Å². The Labute approximate surface area is 271 Å². The van der Waals surface area contributed by atoms with Gasteiger partial charge in [0.1, 0.15) is 0 Å². The van der Waals surface area contributed by atoms with Gasteiger partial charge in [-0.2, -0.15) is 0 Å². The van der Waals surface area contributed by atoms with E-state index in [1.54, 1.807) is 25.7 Å². The first-order chi connectivity index (χ1) is 18.8. The quantitative estimate of drug-likeness (QED) is 0.206. The van der Waals surface area contributed by atoms with Crippen molar-refractivity contribution >= 4 is 103 Å². The highest BCUT2D eigenvalue weighted by molar-refractivity contribution is 14.1. The van der Waals surface area contributed by atoms with Crippen molar-refractivity contribution < 1.29 is 44.4 Å². The van der Waals surface area contributed by atoms with Crippen molar-refractivity contribution in [2.45, 2.75) is 0 Å². The van der Waals surface area contributed by atoms with Crippen LogP contribution < -0.4 is 5.32 Å². The van der Waals surface area contributed by atoms with Crippen molar-refractivity contribution in [3.63, 3.8) is 0 Å². The molecule has 0 aliphatic carbocycles. The van der Waals surface area contributed by atoms with Crippen LogP contribution in [0.2, 0.25) is 0 Å². The molecule has 1 heterocycles. The molecule has 0 aromatic heterocycles. The van der Waals surface area contributed by atoms with E-state index in [0.29, 0.717) is 29.5 Å². The van der Waals surface area contributed by atoms with Gasteiger partial charge < -0.3 is 25.7 Å². The van der Waals surface area contributed by atoms with E-state index in [1.165, 1.54) is 0 Å². The molecule has 40 heavy (non-hydrogen) atoms. The number of benzene rings is 1. The number of carboxylic acids is 4. The molecule has 1 saturated heterocycles. The number of hydrogen-bond acceptors (Lipinski definition) is 9. The maximum atomic E-state index is 13.1. The molecule has 1 aromatic carbocycles. The molecule has 1 amide bonds. The Bertz CT molecular complexity index is 1090. The van der Waals surface area contributed by atoms with Crippen LogP contribution in [0, 0.1) is 10.7 Å². The molecule has 0 unspecified atom stereocenters. The average Bonchev–Trinajstić information content (AvgIpc) is 2.82. The minimum absolute atomic E-state index is 0.0898. The number of aliphatic carboxylic acids is 3. The Kier molecular flexibility index (Phi) is 14.7. The van der Waals surface area contributed by atoms with Gasteiger partial charge in [-0.15, -0.1) is 0 Å². The Morgan fingerprint density at radius 2 is 0.975 bits per heavy atom. The van der Waals surface area contributed by atoms with Crippen LogP contribution >= 0.6 is 67.8 Å². The predicted molar refractivity (Wildman–Crippen MR) is 169 cm³/mol. The van der Waals surface area contributed by atoms with Crippen molar-refractivity contribution in [1.82, 2.24) is 19.6 Å². The molecule has 1 aliphatic heterocycles. The summed E-state index contributed by atoms with van der Waals surface area (Å²) in [6, 6.07) is 1.67. The standard InChI is InChI=1S/C23H30I3N5O9/c24-14-9-15(25)22(21(26)20(14)23(39)40)27-16(32)10-28-1-3-29(11-17(33)34)5-7-31(13-19(37)38)8-6-30(4-2-28)12-18(35)36/h9H,1-8,10-13H2,(H,27,32)(H,33,34)(H,35,36)(H,37,38)(H,39,40). The van der Waals surface area contributed by atoms with Gasteiger partial charge in [0, 0.05) is 59.5 Å². The maximum absolute atomic E-state index is 13.1. The molecule has 5 N–H and O–H groups in total. The number of nitrogens with zero attached hydrogens (tertiary/aromatic N) is 4. The van der Waals surface area contributed by atoms with Crippen LogP contribution in [-0.2, 0) is 19.2 Å². The number of hydrogen-bond donors (Lipinski definition) is 5. The Morgan fingerprint density at radius 3 is 1.30 bits per heavy atom. The van der Waals surface area contributed by atoms with Gasteiger partial charge in [-0.1, -0.05) is 0 Å². The molecule has 0 saturated carbocycles. The highest BCUT2D eigenvalue weighted by Crippen LogP contribution is 2.31. The van der Waals surface area contributed by atoms with Gasteiger partial charge in [0.05, 0.1) is 41.0 Å². The van der Waals surface area contributed by atoms with Crippen LogP contribution in [0.15, 0.2) is 6.07 Å². The number of carboxylic acid groups (broad SMARTS) is 4. The minimum Gasteiger partial charge on any atom is -0.480 e. The van der Waals surface area contributed by atoms with Crippen molar-refractivity contribution in [3.8, 4) is 0 Å². The van der Waals surface area contributed by atoms with Crippen LogP contribution in [-0.4, -0.2) is 148 Å². The van der Waals surface area contributed by atoms with E-state index < -0.39 is 29.8 Å². The summed E-state index contributed by atoms with van der Waals surface area (Å²) in [4.78, 5) is 65.8. The van der Waals surface area contributed by atoms with E-state index in [2.05, 4.69) is 5.32 Å². The third kappa shape index (κ3) is 11.8. The third-order valence-corrected chi connectivity index (χ3v) is 8.80. The summed E-state index contributed by atoms with van der Waals surface area (Å²) in [5.41, 5.74) is 0.477. The lowest BCUT2D eigenvalue weighted by Gasteiger charge is -2.32. The van der Waals surface area contributed by atoms with Crippen LogP contribution in [0.25, 0.3) is 0 Å². The molecule has 1 aliphatic rings. The lowest BCUT2D eigenvalue weighted by atomic mass is 10.2. The summed E-state index contributed by atoms with van der Waals surface area (Å²) in [6.07, 6.45) is 0. The zero-order valence-electron chi connectivity index (χ0n) is 21.3. The van der Waals surface area contributed by atoms with Crippen LogP contribution in [0.3, 0.4) is 0 Å².